The highest BCUT2D eigenvalue weighted by Crippen LogP contribution is 2.76. The predicted molar refractivity (Wildman–Crippen MR) is 225 cm³/mol. The maximum absolute atomic E-state index is 13.1. The molecule has 22 atom stereocenters. The van der Waals surface area contributed by atoms with Gasteiger partial charge in [-0.15, -0.1) is 0 Å². The van der Waals surface area contributed by atoms with Gasteiger partial charge in [0.25, 0.3) is 0 Å². The minimum atomic E-state index is -1.88. The van der Waals surface area contributed by atoms with Gasteiger partial charge in [0.05, 0.1) is 31.3 Å². The number of ether oxygens (including phenoxy) is 6. The fourth-order valence-electron chi connectivity index (χ4n) is 14.9. The molecule has 0 radical (unpaired) electrons. The molecule has 0 aromatic carbocycles. The molecular weight excluding hydrogens is 836 g/mol. The Morgan fingerprint density at radius 2 is 1.30 bits per heavy atom. The molecule has 8 rings (SSSR count). The van der Waals surface area contributed by atoms with Crippen LogP contribution >= 0.6 is 0 Å². The lowest BCUT2D eigenvalue weighted by atomic mass is 9.33. The van der Waals surface area contributed by atoms with Crippen molar-refractivity contribution in [3.63, 3.8) is 0 Å². The van der Waals surface area contributed by atoms with Gasteiger partial charge in [0.1, 0.15) is 67.1 Å². The van der Waals surface area contributed by atoms with Crippen LogP contribution in [-0.2, 0) is 33.2 Å². The van der Waals surface area contributed by atoms with Crippen molar-refractivity contribution in [3.8, 4) is 0 Å². The number of carboxylic acids is 1. The van der Waals surface area contributed by atoms with E-state index in [1.807, 2.05) is 0 Å². The van der Waals surface area contributed by atoms with Gasteiger partial charge in [-0.05, 0) is 109 Å². The van der Waals surface area contributed by atoms with Gasteiger partial charge in [0.15, 0.2) is 18.9 Å². The first-order valence-electron chi connectivity index (χ1n) is 23.7. The minimum absolute atomic E-state index is 0.0305. The van der Waals surface area contributed by atoms with Crippen molar-refractivity contribution < 1.29 is 84.3 Å². The summed E-state index contributed by atoms with van der Waals surface area (Å²) in [5, 5.41) is 107. The van der Waals surface area contributed by atoms with Crippen LogP contribution in [0.2, 0.25) is 0 Å². The van der Waals surface area contributed by atoms with Crippen LogP contribution < -0.4 is 0 Å². The highest BCUT2D eigenvalue weighted by atomic mass is 16.8. The zero-order valence-electron chi connectivity index (χ0n) is 38.5. The van der Waals surface area contributed by atoms with E-state index >= 15 is 0 Å². The van der Waals surface area contributed by atoms with Crippen LogP contribution in [-0.4, -0.2) is 169 Å². The van der Waals surface area contributed by atoms with Crippen molar-refractivity contribution >= 4 is 5.97 Å². The molecule has 17 nitrogen and oxygen atoms in total. The Morgan fingerprint density at radius 1 is 0.672 bits per heavy atom. The number of carboxylic acid groups (broad SMARTS) is 1. The standard InChI is InChI=1S/C47H76O17/c1-42(2)14-16-47(41(57)58)17-15-45(6)22(23(47)18-42)8-9-28-44(5)12-11-29(43(3,4)27(44)10-13-46(28,45)7)62-38-35(56)36(24(50)21-59-38)63-40-37(33(54)31(52)26(20-49)61-40)64-39-34(55)32(53)30(51)25(19-48)60-39/h8,23-40,48-56H,9-21H2,1-7H3,(H,57,58). The maximum Gasteiger partial charge on any atom is 0.310 e. The van der Waals surface area contributed by atoms with Gasteiger partial charge in [-0.2, -0.15) is 0 Å². The van der Waals surface area contributed by atoms with E-state index in [0.29, 0.717) is 18.8 Å². The molecule has 5 aliphatic carbocycles. The highest BCUT2D eigenvalue weighted by Gasteiger charge is 2.70. The summed E-state index contributed by atoms with van der Waals surface area (Å²) < 4.78 is 35.9. The number of rotatable bonds is 9. The van der Waals surface area contributed by atoms with Crippen molar-refractivity contribution in [1.82, 2.24) is 0 Å². The van der Waals surface area contributed by atoms with Gasteiger partial charge >= 0.3 is 5.97 Å². The van der Waals surface area contributed by atoms with E-state index in [2.05, 4.69) is 54.5 Å². The first kappa shape index (κ1) is 49.0. The SMILES string of the molecule is CC1(C)CCC2(C(=O)O)CCC3(C)C(=CCC4C5(C)CCC(OC6OCC(O)C(OC7OC(CO)C(O)C(O)C7OC7OC(CO)C(O)C(O)C7O)C6O)C(C)(C)C5CCC43C)C2C1. The van der Waals surface area contributed by atoms with Gasteiger partial charge in [0, 0.05) is 0 Å². The molecule has 4 saturated carbocycles. The lowest BCUT2D eigenvalue weighted by Crippen LogP contribution is -2.67. The van der Waals surface area contributed by atoms with Crippen LogP contribution in [0.25, 0.3) is 0 Å². The number of carbonyl (C=O) groups is 1. The summed E-state index contributed by atoms with van der Waals surface area (Å²) in [4.78, 5) is 13.1. The molecule has 0 spiro atoms. The molecule has 0 amide bonds. The smallest absolute Gasteiger partial charge is 0.310 e. The lowest BCUT2D eigenvalue weighted by molar-refractivity contribution is -0.387. The number of aliphatic hydroxyl groups is 9. The summed E-state index contributed by atoms with van der Waals surface area (Å²) in [6.07, 6.45) is -12.1. The van der Waals surface area contributed by atoms with Gasteiger partial charge in [-0.25, -0.2) is 0 Å². The molecule has 22 unspecified atom stereocenters. The molecule has 17 heteroatoms. The summed E-state index contributed by atoms with van der Waals surface area (Å²) in [5.74, 6) is -0.0117. The quantitative estimate of drug-likeness (QED) is 0.116. The van der Waals surface area contributed by atoms with Gasteiger partial charge in [-0.3, -0.25) is 4.79 Å². The Bertz CT molecular complexity index is 1740. The van der Waals surface area contributed by atoms with Gasteiger partial charge < -0.3 is 79.5 Å². The maximum atomic E-state index is 13.1. The number of hydrogen-bond acceptors (Lipinski definition) is 16. The molecule has 7 fully saturated rings. The molecule has 3 heterocycles. The summed E-state index contributed by atoms with van der Waals surface area (Å²) in [6, 6.07) is 0. The fraction of sp³-hybridized carbons (Fsp3) is 0.936. The van der Waals surface area contributed by atoms with Crippen LogP contribution in [0.3, 0.4) is 0 Å². The molecule has 0 aromatic rings. The average Bonchev–Trinajstić information content (AvgIpc) is 3.23. The van der Waals surface area contributed by atoms with Gasteiger partial charge in [-0.1, -0.05) is 60.1 Å². The number of aliphatic carboxylic acids is 1. The Labute approximate surface area is 376 Å². The second-order valence-corrected chi connectivity index (χ2v) is 23.0. The van der Waals surface area contributed by atoms with E-state index in [1.54, 1.807) is 0 Å². The molecule has 8 aliphatic rings. The monoisotopic (exact) mass is 913 g/mol. The molecule has 366 valence electrons. The number of allylic oxidation sites excluding steroid dienone is 2. The number of hydrogen-bond donors (Lipinski definition) is 10. The van der Waals surface area contributed by atoms with E-state index in [0.717, 1.165) is 51.4 Å². The third kappa shape index (κ3) is 7.58. The van der Waals surface area contributed by atoms with E-state index < -0.39 is 116 Å². The first-order valence-corrected chi connectivity index (χ1v) is 23.7. The predicted octanol–water partition coefficient (Wildman–Crippen LogP) is 1.35. The summed E-state index contributed by atoms with van der Waals surface area (Å²) in [6.45, 7) is 14.6. The van der Waals surface area contributed by atoms with Crippen molar-refractivity contribution in [2.45, 2.75) is 205 Å². The Morgan fingerprint density at radius 3 is 1.95 bits per heavy atom. The first-order chi connectivity index (χ1) is 29.9. The van der Waals surface area contributed by atoms with E-state index in [4.69, 9.17) is 28.4 Å². The largest absolute Gasteiger partial charge is 0.481 e. The van der Waals surface area contributed by atoms with Crippen molar-refractivity contribution in [1.29, 1.82) is 0 Å². The van der Waals surface area contributed by atoms with Crippen molar-refractivity contribution in [3.05, 3.63) is 11.6 Å². The van der Waals surface area contributed by atoms with Crippen LogP contribution in [0, 0.1) is 50.2 Å². The molecule has 10 N–H and O–H groups in total. The topological polar surface area (TPSA) is 275 Å². The Kier molecular flexibility index (Phi) is 13.2. The second kappa shape index (κ2) is 17.2. The minimum Gasteiger partial charge on any atom is -0.481 e. The van der Waals surface area contributed by atoms with Crippen LogP contribution in [0.4, 0.5) is 0 Å². The van der Waals surface area contributed by atoms with Crippen LogP contribution in [0.15, 0.2) is 11.6 Å². The molecule has 3 aliphatic heterocycles. The molecular formula is C47H76O17. The third-order valence-corrected chi connectivity index (χ3v) is 19.0. The average molecular weight is 913 g/mol. The molecule has 0 bridgehead atoms. The fourth-order valence-corrected chi connectivity index (χ4v) is 14.9. The highest BCUT2D eigenvalue weighted by molar-refractivity contribution is 5.76. The molecule has 0 aromatic heterocycles. The van der Waals surface area contributed by atoms with Crippen LogP contribution in [0.1, 0.15) is 113 Å². The number of fused-ring (bicyclic) bond motifs is 7. The Balaban J connectivity index is 0.990. The molecule has 3 saturated heterocycles. The third-order valence-electron chi connectivity index (χ3n) is 19.0. The lowest BCUT2D eigenvalue weighted by Gasteiger charge is -2.71. The van der Waals surface area contributed by atoms with E-state index in [9.17, 15) is 55.9 Å². The van der Waals surface area contributed by atoms with Crippen molar-refractivity contribution in [2.75, 3.05) is 19.8 Å². The summed E-state index contributed by atoms with van der Waals surface area (Å²) in [5.41, 5.74) is 0.152. The summed E-state index contributed by atoms with van der Waals surface area (Å²) >= 11 is 0. The second-order valence-electron chi connectivity index (χ2n) is 23.0. The van der Waals surface area contributed by atoms with E-state index in [-0.39, 0.29) is 46.2 Å². The van der Waals surface area contributed by atoms with E-state index in [1.165, 1.54) is 5.57 Å². The van der Waals surface area contributed by atoms with Crippen LogP contribution in [0.5, 0.6) is 0 Å². The summed E-state index contributed by atoms with van der Waals surface area (Å²) in [7, 11) is 0. The number of aliphatic hydroxyl groups excluding tert-OH is 9. The Hall–Kier alpha value is -1.39. The van der Waals surface area contributed by atoms with Gasteiger partial charge in [0.2, 0.25) is 0 Å². The van der Waals surface area contributed by atoms with Crippen molar-refractivity contribution in [2.24, 2.45) is 50.2 Å². The molecule has 64 heavy (non-hydrogen) atoms. The zero-order chi connectivity index (χ0) is 46.7. The normalized spacial score (nSPS) is 53.5. The zero-order valence-corrected chi connectivity index (χ0v) is 38.5.